The Morgan fingerprint density at radius 1 is 0.917 bits per heavy atom. The van der Waals surface area contributed by atoms with E-state index in [9.17, 15) is 5.11 Å². The maximum Gasteiger partial charge on any atom is 0.144 e. The van der Waals surface area contributed by atoms with Crippen LogP contribution in [0.2, 0.25) is 0 Å². The Hall–Kier alpha value is -2.60. The summed E-state index contributed by atoms with van der Waals surface area (Å²) in [7, 11) is 1.66. The van der Waals surface area contributed by atoms with E-state index in [0.717, 1.165) is 48.9 Å². The summed E-state index contributed by atoms with van der Waals surface area (Å²) in [4.78, 5) is 4.58. The van der Waals surface area contributed by atoms with E-state index in [4.69, 9.17) is 16.2 Å². The van der Waals surface area contributed by atoms with Gasteiger partial charge in [-0.1, -0.05) is 0 Å². The third kappa shape index (κ3) is 3.19. The second-order valence-corrected chi connectivity index (χ2v) is 5.95. The number of hydrogen-bond donors (Lipinski definition) is 3. The lowest BCUT2D eigenvalue weighted by Gasteiger charge is -2.38. The van der Waals surface area contributed by atoms with Gasteiger partial charge in [-0.05, 0) is 30.3 Å². The van der Waals surface area contributed by atoms with Crippen LogP contribution in [0, 0.1) is 0 Å². The van der Waals surface area contributed by atoms with Crippen LogP contribution in [0.5, 0.6) is 5.75 Å². The van der Waals surface area contributed by atoms with Crippen molar-refractivity contribution in [3.05, 3.63) is 42.0 Å². The van der Waals surface area contributed by atoms with Crippen LogP contribution >= 0.6 is 0 Å². The van der Waals surface area contributed by atoms with Crippen molar-refractivity contribution < 1.29 is 9.84 Å². The number of anilines is 4. The van der Waals surface area contributed by atoms with E-state index in [-0.39, 0.29) is 6.61 Å². The molecule has 0 aromatic heterocycles. The van der Waals surface area contributed by atoms with Gasteiger partial charge in [-0.3, -0.25) is 0 Å². The number of nitrogen functional groups attached to an aromatic ring is 2. The number of aliphatic hydroxyl groups is 1. The summed E-state index contributed by atoms with van der Waals surface area (Å²) in [5.74, 6) is 0.798. The number of methoxy groups -OCH3 is 1. The fourth-order valence-electron chi connectivity index (χ4n) is 3.18. The van der Waals surface area contributed by atoms with E-state index in [1.165, 1.54) is 0 Å². The molecule has 0 saturated carbocycles. The molecule has 24 heavy (non-hydrogen) atoms. The quantitative estimate of drug-likeness (QED) is 0.740. The molecular weight excluding hydrogens is 304 g/mol. The number of nitrogens with two attached hydrogens (primary N) is 2. The van der Waals surface area contributed by atoms with Crippen molar-refractivity contribution in [3.8, 4) is 5.75 Å². The minimum absolute atomic E-state index is 0.00757. The fourth-order valence-corrected chi connectivity index (χ4v) is 3.18. The zero-order valence-electron chi connectivity index (χ0n) is 13.9. The third-order valence-corrected chi connectivity index (χ3v) is 4.44. The maximum atomic E-state index is 9.58. The van der Waals surface area contributed by atoms with Gasteiger partial charge in [-0.25, -0.2) is 0 Å². The average Bonchev–Trinajstić information content (AvgIpc) is 2.61. The van der Waals surface area contributed by atoms with Crippen molar-refractivity contribution in [2.45, 2.75) is 6.61 Å². The molecule has 0 atom stereocenters. The molecule has 5 N–H and O–H groups in total. The van der Waals surface area contributed by atoms with Crippen LogP contribution in [0.3, 0.4) is 0 Å². The Bertz CT molecular complexity index is 651. The fraction of sp³-hybridized carbons (Fsp3) is 0.333. The van der Waals surface area contributed by atoms with Crippen molar-refractivity contribution in [3.63, 3.8) is 0 Å². The highest BCUT2D eigenvalue weighted by Gasteiger charge is 2.21. The Labute approximate surface area is 142 Å². The lowest BCUT2D eigenvalue weighted by Crippen LogP contribution is -2.47. The number of rotatable bonds is 4. The SMILES string of the molecule is COc1cc(N)ccc1N1CCN(c2ccc(N)cc2CO)CC1. The molecule has 6 heteroatoms. The van der Waals surface area contributed by atoms with Gasteiger partial charge in [0.05, 0.1) is 19.4 Å². The van der Waals surface area contributed by atoms with Gasteiger partial charge in [0.1, 0.15) is 5.75 Å². The Balaban J connectivity index is 1.75. The highest BCUT2D eigenvalue weighted by Crippen LogP contribution is 2.32. The minimum Gasteiger partial charge on any atom is -0.495 e. The first-order chi connectivity index (χ1) is 11.6. The molecule has 128 valence electrons. The molecule has 0 aliphatic carbocycles. The third-order valence-electron chi connectivity index (χ3n) is 4.44. The molecule has 0 bridgehead atoms. The predicted octanol–water partition coefficient (Wildman–Crippen LogP) is 1.68. The van der Waals surface area contributed by atoms with Gasteiger partial charge in [0.15, 0.2) is 0 Å². The second-order valence-electron chi connectivity index (χ2n) is 5.95. The first kappa shape index (κ1) is 16.3. The number of nitrogens with zero attached hydrogens (tertiary/aromatic N) is 2. The van der Waals surface area contributed by atoms with Gasteiger partial charge in [0.2, 0.25) is 0 Å². The van der Waals surface area contributed by atoms with Gasteiger partial charge < -0.3 is 31.1 Å². The van der Waals surface area contributed by atoms with Crippen molar-refractivity contribution in [2.75, 3.05) is 54.6 Å². The van der Waals surface area contributed by atoms with Crippen LogP contribution in [0.4, 0.5) is 22.7 Å². The summed E-state index contributed by atoms with van der Waals surface area (Å²) in [5.41, 5.74) is 16.0. The van der Waals surface area contributed by atoms with E-state index in [1.807, 2.05) is 36.4 Å². The largest absolute Gasteiger partial charge is 0.495 e. The topological polar surface area (TPSA) is 88.0 Å². The van der Waals surface area contributed by atoms with Gasteiger partial charge in [-0.15, -0.1) is 0 Å². The van der Waals surface area contributed by atoms with Crippen LogP contribution in [-0.4, -0.2) is 38.4 Å². The second kappa shape index (κ2) is 6.88. The van der Waals surface area contributed by atoms with Crippen LogP contribution in [0.1, 0.15) is 5.56 Å². The number of hydrogen-bond acceptors (Lipinski definition) is 6. The molecule has 1 fully saturated rings. The summed E-state index contributed by atoms with van der Waals surface area (Å²) in [5, 5.41) is 9.58. The van der Waals surface area contributed by atoms with E-state index in [1.54, 1.807) is 7.11 Å². The Morgan fingerprint density at radius 3 is 2.04 bits per heavy atom. The lowest BCUT2D eigenvalue weighted by atomic mass is 10.1. The molecule has 0 radical (unpaired) electrons. The van der Waals surface area contributed by atoms with Crippen LogP contribution in [0.15, 0.2) is 36.4 Å². The molecular formula is C18H24N4O2. The smallest absolute Gasteiger partial charge is 0.144 e. The predicted molar refractivity (Wildman–Crippen MR) is 98.6 cm³/mol. The van der Waals surface area contributed by atoms with Crippen LogP contribution in [-0.2, 0) is 6.61 Å². The molecule has 0 unspecified atom stereocenters. The van der Waals surface area contributed by atoms with Crippen molar-refractivity contribution in [1.29, 1.82) is 0 Å². The van der Waals surface area contributed by atoms with Crippen molar-refractivity contribution in [2.24, 2.45) is 0 Å². The lowest BCUT2D eigenvalue weighted by molar-refractivity contribution is 0.282. The number of aliphatic hydroxyl groups excluding tert-OH is 1. The zero-order valence-corrected chi connectivity index (χ0v) is 13.9. The van der Waals surface area contributed by atoms with Gasteiger partial charge in [0, 0.05) is 54.9 Å². The number of ether oxygens (including phenoxy) is 1. The van der Waals surface area contributed by atoms with Gasteiger partial charge in [0.25, 0.3) is 0 Å². The highest BCUT2D eigenvalue weighted by molar-refractivity contribution is 5.65. The molecule has 1 aliphatic heterocycles. The highest BCUT2D eigenvalue weighted by atomic mass is 16.5. The monoisotopic (exact) mass is 328 g/mol. The molecule has 2 aromatic carbocycles. The van der Waals surface area contributed by atoms with Crippen LogP contribution < -0.4 is 26.0 Å². The molecule has 1 aliphatic rings. The van der Waals surface area contributed by atoms with Crippen molar-refractivity contribution >= 4 is 22.7 Å². The summed E-state index contributed by atoms with van der Waals surface area (Å²) in [6, 6.07) is 11.5. The Kier molecular flexibility index (Phi) is 4.66. The van der Waals surface area contributed by atoms with Gasteiger partial charge in [-0.2, -0.15) is 0 Å². The van der Waals surface area contributed by atoms with Crippen molar-refractivity contribution in [1.82, 2.24) is 0 Å². The minimum atomic E-state index is -0.00757. The molecule has 1 saturated heterocycles. The molecule has 0 spiro atoms. The van der Waals surface area contributed by atoms with E-state index >= 15 is 0 Å². The molecule has 1 heterocycles. The van der Waals surface area contributed by atoms with Crippen LogP contribution in [0.25, 0.3) is 0 Å². The first-order valence-corrected chi connectivity index (χ1v) is 8.05. The van der Waals surface area contributed by atoms with Gasteiger partial charge >= 0.3 is 0 Å². The molecule has 0 amide bonds. The standard InChI is InChI=1S/C18H24N4O2/c1-24-18-11-15(20)3-5-17(18)22-8-6-21(7-9-22)16-4-2-14(19)10-13(16)12-23/h2-5,10-11,23H,6-9,12,19-20H2,1H3. The van der Waals surface area contributed by atoms with E-state index < -0.39 is 0 Å². The summed E-state index contributed by atoms with van der Waals surface area (Å²) in [6.07, 6.45) is 0. The molecule has 2 aromatic rings. The maximum absolute atomic E-state index is 9.58. The summed E-state index contributed by atoms with van der Waals surface area (Å²) < 4.78 is 5.46. The average molecular weight is 328 g/mol. The number of piperazine rings is 1. The normalized spacial score (nSPS) is 14.8. The number of benzene rings is 2. The summed E-state index contributed by atoms with van der Waals surface area (Å²) >= 11 is 0. The first-order valence-electron chi connectivity index (χ1n) is 8.05. The Morgan fingerprint density at radius 2 is 1.46 bits per heavy atom. The van der Waals surface area contributed by atoms with E-state index in [0.29, 0.717) is 11.4 Å². The van der Waals surface area contributed by atoms with E-state index in [2.05, 4.69) is 9.80 Å². The zero-order chi connectivity index (χ0) is 17.1. The summed E-state index contributed by atoms with van der Waals surface area (Å²) in [6.45, 7) is 3.46. The molecule has 3 rings (SSSR count). The molecule has 6 nitrogen and oxygen atoms in total.